The number of ether oxygens (including phenoxy) is 1. The van der Waals surface area contributed by atoms with Crippen molar-refractivity contribution in [3.05, 3.63) is 24.3 Å². The molecule has 6 heteroatoms. The molecule has 0 aromatic heterocycles. The quantitative estimate of drug-likeness (QED) is 0.0321. The normalized spacial score (nSPS) is 12.8. The molecule has 372 valence electrons. The van der Waals surface area contributed by atoms with Crippen LogP contribution in [0.5, 0.6) is 0 Å². The minimum Gasteiger partial charge on any atom is -0.466 e. The van der Waals surface area contributed by atoms with Crippen LogP contribution < -0.4 is 5.32 Å². The fourth-order valence-corrected chi connectivity index (χ4v) is 8.67. The summed E-state index contributed by atoms with van der Waals surface area (Å²) >= 11 is 0. The van der Waals surface area contributed by atoms with Gasteiger partial charge in [-0.2, -0.15) is 0 Å². The zero-order valence-electron chi connectivity index (χ0n) is 42.3. The molecule has 0 saturated heterocycles. The Kier molecular flexibility index (Phi) is 51.6. The van der Waals surface area contributed by atoms with Gasteiger partial charge in [0.25, 0.3) is 0 Å². The Morgan fingerprint density at radius 1 is 0.444 bits per heavy atom. The molecule has 0 fully saturated rings. The number of amides is 1. The van der Waals surface area contributed by atoms with Gasteiger partial charge in [-0.05, 0) is 57.8 Å². The molecule has 0 aromatic carbocycles. The zero-order valence-corrected chi connectivity index (χ0v) is 42.3. The van der Waals surface area contributed by atoms with Crippen molar-refractivity contribution in [2.24, 2.45) is 0 Å². The first-order valence-corrected chi connectivity index (χ1v) is 28.1. The summed E-state index contributed by atoms with van der Waals surface area (Å²) in [6, 6.07) is -0.546. The molecule has 0 radical (unpaired) electrons. The van der Waals surface area contributed by atoms with Gasteiger partial charge in [0.2, 0.25) is 5.91 Å². The van der Waals surface area contributed by atoms with Crippen molar-refractivity contribution in [2.45, 2.75) is 315 Å². The molecule has 0 saturated carbocycles. The fraction of sp³-hybridized carbons (Fsp3) is 0.895. The lowest BCUT2D eigenvalue weighted by Gasteiger charge is -2.22. The summed E-state index contributed by atoms with van der Waals surface area (Å²) in [6.07, 6.45) is 63.2. The topological polar surface area (TPSA) is 95.9 Å². The van der Waals surface area contributed by atoms with Crippen LogP contribution in [-0.4, -0.2) is 47.4 Å². The van der Waals surface area contributed by atoms with Crippen molar-refractivity contribution < 1.29 is 24.5 Å². The first-order valence-electron chi connectivity index (χ1n) is 28.1. The van der Waals surface area contributed by atoms with Crippen LogP contribution in [0.25, 0.3) is 0 Å². The van der Waals surface area contributed by atoms with E-state index < -0.39 is 12.1 Å². The average Bonchev–Trinajstić information content (AvgIpc) is 3.28. The molecule has 0 aliphatic rings. The van der Waals surface area contributed by atoms with Crippen molar-refractivity contribution in [1.82, 2.24) is 5.32 Å². The van der Waals surface area contributed by atoms with Crippen molar-refractivity contribution in [2.75, 3.05) is 13.2 Å². The molecule has 1 amide bonds. The van der Waals surface area contributed by atoms with Gasteiger partial charge in [-0.25, -0.2) is 0 Å². The highest BCUT2D eigenvalue weighted by atomic mass is 16.5. The molecular weight excluding hydrogens is 779 g/mol. The standard InChI is InChI=1S/C57H109NO5/c1-3-5-7-9-11-13-14-15-28-31-35-39-43-47-51-57(62)63-52-48-44-40-36-32-29-26-24-22-20-18-16-17-19-21-23-25-27-30-34-38-42-46-50-56(61)58-54(53-59)55(60)49-45-41-37-33-12-10-8-6-4-2/h16,18-19,21,54-55,59-60H,3-15,17,20,22-53H2,1-2H3,(H,58,61)/b18-16-,21-19-. The minimum atomic E-state index is -0.668. The number of hydrogen-bond acceptors (Lipinski definition) is 5. The van der Waals surface area contributed by atoms with E-state index in [-0.39, 0.29) is 18.5 Å². The van der Waals surface area contributed by atoms with Gasteiger partial charge >= 0.3 is 5.97 Å². The lowest BCUT2D eigenvalue weighted by molar-refractivity contribution is -0.143. The predicted molar refractivity (Wildman–Crippen MR) is 273 cm³/mol. The molecular formula is C57H109NO5. The highest BCUT2D eigenvalue weighted by Crippen LogP contribution is 2.16. The molecule has 2 unspecified atom stereocenters. The molecule has 2 atom stereocenters. The SMILES string of the molecule is CCCCCCCCCCCCCCCCC(=O)OCCCCCCCCCCC/C=C\C/C=C\CCCCCCCCCC(=O)NC(CO)C(O)CCCCCCCCCCC. The number of unbranched alkanes of at least 4 members (excludes halogenated alkanes) is 37. The second kappa shape index (κ2) is 53.0. The van der Waals surface area contributed by atoms with Gasteiger partial charge < -0.3 is 20.3 Å². The highest BCUT2D eigenvalue weighted by Gasteiger charge is 2.20. The summed E-state index contributed by atoms with van der Waals surface area (Å²) < 4.78 is 5.47. The average molecular weight is 889 g/mol. The van der Waals surface area contributed by atoms with Crippen LogP contribution >= 0.6 is 0 Å². The van der Waals surface area contributed by atoms with Gasteiger partial charge in [0.05, 0.1) is 25.4 Å². The summed E-state index contributed by atoms with van der Waals surface area (Å²) in [5.74, 6) is -0.0385. The van der Waals surface area contributed by atoms with Gasteiger partial charge in [0.15, 0.2) is 0 Å². The van der Waals surface area contributed by atoms with Gasteiger partial charge in [0, 0.05) is 12.8 Å². The molecule has 0 aliphatic carbocycles. The third kappa shape index (κ3) is 49.6. The molecule has 0 bridgehead atoms. The van der Waals surface area contributed by atoms with E-state index in [1.165, 1.54) is 218 Å². The molecule has 0 spiro atoms. The molecule has 0 heterocycles. The molecule has 0 rings (SSSR count). The highest BCUT2D eigenvalue weighted by molar-refractivity contribution is 5.76. The number of hydrogen-bond donors (Lipinski definition) is 3. The Morgan fingerprint density at radius 3 is 1.21 bits per heavy atom. The van der Waals surface area contributed by atoms with E-state index in [9.17, 15) is 19.8 Å². The maximum atomic E-state index is 12.4. The van der Waals surface area contributed by atoms with E-state index in [1.54, 1.807) is 0 Å². The Labute approximate surface area is 392 Å². The third-order valence-corrected chi connectivity index (χ3v) is 13.0. The summed E-state index contributed by atoms with van der Waals surface area (Å²) in [7, 11) is 0. The fourth-order valence-electron chi connectivity index (χ4n) is 8.67. The van der Waals surface area contributed by atoms with Crippen molar-refractivity contribution >= 4 is 11.9 Å². The number of aliphatic hydroxyl groups excluding tert-OH is 2. The maximum absolute atomic E-state index is 12.4. The van der Waals surface area contributed by atoms with E-state index >= 15 is 0 Å². The van der Waals surface area contributed by atoms with Gasteiger partial charge in [-0.1, -0.05) is 256 Å². The number of allylic oxidation sites excluding steroid dienone is 4. The Morgan fingerprint density at radius 2 is 0.794 bits per heavy atom. The van der Waals surface area contributed by atoms with Crippen LogP contribution in [0.4, 0.5) is 0 Å². The number of esters is 1. The van der Waals surface area contributed by atoms with Gasteiger partial charge in [-0.3, -0.25) is 9.59 Å². The van der Waals surface area contributed by atoms with Crippen LogP contribution in [0.2, 0.25) is 0 Å². The summed E-state index contributed by atoms with van der Waals surface area (Å²) in [5, 5.41) is 23.1. The molecule has 63 heavy (non-hydrogen) atoms. The van der Waals surface area contributed by atoms with Crippen molar-refractivity contribution in [1.29, 1.82) is 0 Å². The molecule has 3 N–H and O–H groups in total. The van der Waals surface area contributed by atoms with Crippen LogP contribution in [0.1, 0.15) is 303 Å². The van der Waals surface area contributed by atoms with Crippen molar-refractivity contribution in [3.63, 3.8) is 0 Å². The van der Waals surface area contributed by atoms with E-state index in [4.69, 9.17) is 4.74 Å². The summed E-state index contributed by atoms with van der Waals surface area (Å²) in [5.41, 5.74) is 0. The third-order valence-electron chi connectivity index (χ3n) is 13.0. The lowest BCUT2D eigenvalue weighted by Crippen LogP contribution is -2.45. The molecule has 0 aliphatic heterocycles. The first-order chi connectivity index (χ1) is 31.0. The number of carbonyl (C=O) groups is 2. The van der Waals surface area contributed by atoms with Gasteiger partial charge in [0.1, 0.15) is 0 Å². The zero-order chi connectivity index (χ0) is 45.8. The van der Waals surface area contributed by atoms with Crippen LogP contribution in [-0.2, 0) is 14.3 Å². The smallest absolute Gasteiger partial charge is 0.305 e. The van der Waals surface area contributed by atoms with Crippen LogP contribution in [0.15, 0.2) is 24.3 Å². The number of aliphatic hydroxyl groups is 2. The number of carbonyl (C=O) groups excluding carboxylic acids is 2. The lowest BCUT2D eigenvalue weighted by atomic mass is 10.0. The minimum absolute atomic E-state index is 0.00913. The molecule has 6 nitrogen and oxygen atoms in total. The largest absolute Gasteiger partial charge is 0.466 e. The monoisotopic (exact) mass is 888 g/mol. The Balaban J connectivity index is 3.41. The van der Waals surface area contributed by atoms with Gasteiger partial charge in [-0.15, -0.1) is 0 Å². The Hall–Kier alpha value is -1.66. The van der Waals surface area contributed by atoms with Crippen molar-refractivity contribution in [3.8, 4) is 0 Å². The molecule has 0 aromatic rings. The number of nitrogens with one attached hydrogen (secondary N) is 1. The van der Waals surface area contributed by atoms with Crippen LogP contribution in [0, 0.1) is 0 Å². The van der Waals surface area contributed by atoms with E-state index in [2.05, 4.69) is 43.5 Å². The predicted octanol–water partition coefficient (Wildman–Crippen LogP) is 17.1. The van der Waals surface area contributed by atoms with E-state index in [0.717, 1.165) is 51.4 Å². The van der Waals surface area contributed by atoms with Crippen LogP contribution in [0.3, 0.4) is 0 Å². The second-order valence-electron chi connectivity index (χ2n) is 19.3. The second-order valence-corrected chi connectivity index (χ2v) is 19.3. The first kappa shape index (κ1) is 61.3. The Bertz CT molecular complexity index is 982. The maximum Gasteiger partial charge on any atom is 0.305 e. The number of rotatable bonds is 52. The van der Waals surface area contributed by atoms with E-state index in [0.29, 0.717) is 25.9 Å². The summed E-state index contributed by atoms with van der Waals surface area (Å²) in [4.78, 5) is 24.4. The summed E-state index contributed by atoms with van der Waals surface area (Å²) in [6.45, 7) is 4.93. The van der Waals surface area contributed by atoms with E-state index in [1.807, 2.05) is 0 Å².